The molecule has 0 saturated carbocycles. The number of alkyl halides is 3. The van der Waals surface area contributed by atoms with E-state index in [1.807, 2.05) is 6.07 Å². The molecule has 5 rings (SSSR count). The molecule has 0 aliphatic carbocycles. The molecule has 0 fully saturated rings. The van der Waals surface area contributed by atoms with Gasteiger partial charge in [0.2, 0.25) is 0 Å². The maximum atomic E-state index is 13.1. The predicted octanol–water partition coefficient (Wildman–Crippen LogP) is 5.56. The Morgan fingerprint density at radius 2 is 1.78 bits per heavy atom. The fourth-order valence-electron chi connectivity index (χ4n) is 4.01. The average Bonchev–Trinajstić information content (AvgIpc) is 3.57. The number of amides is 2. The summed E-state index contributed by atoms with van der Waals surface area (Å²) in [5.41, 5.74) is 1.49. The second kappa shape index (κ2) is 9.23. The van der Waals surface area contributed by atoms with Crippen molar-refractivity contribution in [1.29, 1.82) is 0 Å². The number of nitrogens with zero attached hydrogens (tertiary/aromatic N) is 3. The van der Waals surface area contributed by atoms with Crippen molar-refractivity contribution in [2.24, 2.45) is 7.05 Å². The number of aromatic nitrogens is 2. The molecule has 37 heavy (non-hydrogen) atoms. The SMILES string of the molecule is Cn1nc(C(F)(F)F)cc1-c1ccc(S(=O)(=O)Nc2ccc3c(c2)N(C(=O)Nc2ccccc2)CC3)s1. The van der Waals surface area contributed by atoms with E-state index in [2.05, 4.69) is 15.1 Å². The zero-order valence-electron chi connectivity index (χ0n) is 19.3. The van der Waals surface area contributed by atoms with Crippen LogP contribution in [0.15, 0.2) is 70.9 Å². The number of hydrogen-bond acceptors (Lipinski definition) is 5. The molecule has 2 aromatic heterocycles. The van der Waals surface area contributed by atoms with E-state index in [0.717, 1.165) is 27.6 Å². The molecule has 1 aliphatic rings. The van der Waals surface area contributed by atoms with Crippen molar-refractivity contribution < 1.29 is 26.4 Å². The van der Waals surface area contributed by atoms with Gasteiger partial charge in [-0.1, -0.05) is 24.3 Å². The molecule has 0 spiro atoms. The monoisotopic (exact) mass is 547 g/mol. The molecule has 13 heteroatoms. The van der Waals surface area contributed by atoms with E-state index in [-0.39, 0.29) is 21.6 Å². The van der Waals surface area contributed by atoms with Gasteiger partial charge in [0.15, 0.2) is 5.69 Å². The van der Waals surface area contributed by atoms with Crippen molar-refractivity contribution in [3.05, 3.63) is 78.0 Å². The number of para-hydroxylation sites is 1. The van der Waals surface area contributed by atoms with Crippen molar-refractivity contribution in [2.45, 2.75) is 16.8 Å². The van der Waals surface area contributed by atoms with Crippen LogP contribution in [0.4, 0.5) is 35.0 Å². The first kappa shape index (κ1) is 24.8. The lowest BCUT2D eigenvalue weighted by Gasteiger charge is -2.19. The first-order chi connectivity index (χ1) is 17.5. The normalized spacial score (nSPS) is 13.5. The lowest BCUT2D eigenvalue weighted by Crippen LogP contribution is -2.33. The molecular formula is C24H20F3N5O3S2. The van der Waals surface area contributed by atoms with Crippen molar-refractivity contribution in [3.8, 4) is 10.6 Å². The van der Waals surface area contributed by atoms with E-state index < -0.39 is 21.9 Å². The van der Waals surface area contributed by atoms with Gasteiger partial charge in [-0.2, -0.15) is 18.3 Å². The van der Waals surface area contributed by atoms with Gasteiger partial charge in [-0.05, 0) is 54.4 Å². The quantitative estimate of drug-likeness (QED) is 0.342. The minimum atomic E-state index is -4.61. The Morgan fingerprint density at radius 3 is 2.49 bits per heavy atom. The number of sulfonamides is 1. The number of fused-ring (bicyclic) bond motifs is 1. The summed E-state index contributed by atoms with van der Waals surface area (Å²) in [6, 6.07) is 17.3. The number of nitrogens with one attached hydrogen (secondary N) is 2. The van der Waals surface area contributed by atoms with Gasteiger partial charge in [0, 0.05) is 19.3 Å². The summed E-state index contributed by atoms with van der Waals surface area (Å²) in [7, 11) is -2.68. The number of benzene rings is 2. The van der Waals surface area contributed by atoms with Gasteiger partial charge in [0.05, 0.1) is 21.9 Å². The first-order valence-corrected chi connectivity index (χ1v) is 13.3. The lowest BCUT2D eigenvalue weighted by molar-refractivity contribution is -0.141. The van der Waals surface area contributed by atoms with E-state index in [9.17, 15) is 26.4 Å². The third-order valence-corrected chi connectivity index (χ3v) is 8.75. The summed E-state index contributed by atoms with van der Waals surface area (Å²) >= 11 is 0.829. The van der Waals surface area contributed by atoms with Gasteiger partial charge in [0.25, 0.3) is 10.0 Å². The van der Waals surface area contributed by atoms with Crippen LogP contribution in [0, 0.1) is 0 Å². The smallest absolute Gasteiger partial charge is 0.308 e. The molecule has 3 heterocycles. The van der Waals surface area contributed by atoms with Crippen LogP contribution in [0.3, 0.4) is 0 Å². The number of rotatable bonds is 5. The van der Waals surface area contributed by atoms with Gasteiger partial charge in [-0.25, -0.2) is 13.2 Å². The molecular weight excluding hydrogens is 527 g/mol. The fraction of sp³-hybridized carbons (Fsp3) is 0.167. The lowest BCUT2D eigenvalue weighted by atomic mass is 10.1. The molecule has 0 unspecified atom stereocenters. The van der Waals surface area contributed by atoms with Gasteiger partial charge in [-0.15, -0.1) is 11.3 Å². The van der Waals surface area contributed by atoms with Crippen molar-refractivity contribution in [2.75, 3.05) is 21.5 Å². The number of halogens is 3. The van der Waals surface area contributed by atoms with Crippen LogP contribution in [0.5, 0.6) is 0 Å². The highest BCUT2D eigenvalue weighted by Gasteiger charge is 2.35. The van der Waals surface area contributed by atoms with Gasteiger partial charge >= 0.3 is 12.2 Å². The Morgan fingerprint density at radius 1 is 1.03 bits per heavy atom. The van der Waals surface area contributed by atoms with Crippen LogP contribution in [-0.4, -0.2) is 30.8 Å². The van der Waals surface area contributed by atoms with Gasteiger partial charge in [-0.3, -0.25) is 14.3 Å². The molecule has 1 aliphatic heterocycles. The summed E-state index contributed by atoms with van der Waals surface area (Å²) in [4.78, 5) is 14.7. The maximum Gasteiger partial charge on any atom is 0.435 e. The van der Waals surface area contributed by atoms with E-state index in [1.54, 1.807) is 47.4 Å². The molecule has 0 bridgehead atoms. The summed E-state index contributed by atoms with van der Waals surface area (Å²) in [6.45, 7) is 0.448. The van der Waals surface area contributed by atoms with E-state index in [4.69, 9.17) is 0 Å². The molecule has 4 aromatic rings. The van der Waals surface area contributed by atoms with Crippen LogP contribution in [-0.2, 0) is 29.7 Å². The third kappa shape index (κ3) is 5.04. The molecule has 0 atom stereocenters. The minimum Gasteiger partial charge on any atom is -0.308 e. The number of carbonyl (C=O) groups is 1. The molecule has 2 N–H and O–H groups in total. The number of anilines is 3. The van der Waals surface area contributed by atoms with Crippen molar-refractivity contribution in [3.63, 3.8) is 0 Å². The average molecular weight is 548 g/mol. The number of hydrogen-bond donors (Lipinski definition) is 2. The third-order valence-electron chi connectivity index (χ3n) is 5.77. The molecule has 2 amide bonds. The molecule has 0 saturated heterocycles. The van der Waals surface area contributed by atoms with Crippen LogP contribution in [0.2, 0.25) is 0 Å². The topological polar surface area (TPSA) is 96.3 Å². The van der Waals surface area contributed by atoms with Crippen LogP contribution >= 0.6 is 11.3 Å². The summed E-state index contributed by atoms with van der Waals surface area (Å²) in [5.74, 6) is 0. The Kier molecular flexibility index (Phi) is 6.20. The molecule has 192 valence electrons. The molecule has 2 aromatic carbocycles. The van der Waals surface area contributed by atoms with Crippen LogP contribution in [0.1, 0.15) is 11.3 Å². The van der Waals surface area contributed by atoms with E-state index in [0.29, 0.717) is 29.2 Å². The Labute approximate surface area is 214 Å². The first-order valence-electron chi connectivity index (χ1n) is 11.0. The largest absolute Gasteiger partial charge is 0.435 e. The molecule has 0 radical (unpaired) electrons. The predicted molar refractivity (Wildman–Crippen MR) is 135 cm³/mol. The number of aryl methyl sites for hydroxylation is 1. The number of urea groups is 1. The number of carbonyl (C=O) groups excluding carboxylic acids is 1. The highest BCUT2D eigenvalue weighted by atomic mass is 32.2. The van der Waals surface area contributed by atoms with Crippen LogP contribution in [0.25, 0.3) is 10.6 Å². The van der Waals surface area contributed by atoms with Crippen molar-refractivity contribution >= 4 is 44.5 Å². The Hall–Kier alpha value is -3.84. The molecule has 8 nitrogen and oxygen atoms in total. The zero-order chi connectivity index (χ0) is 26.4. The van der Waals surface area contributed by atoms with E-state index in [1.165, 1.54) is 19.2 Å². The second-order valence-corrected chi connectivity index (χ2v) is 11.3. The standard InChI is InChI=1S/C24H20F3N5O3S2/c1-31-19(14-21(29-31)24(25,26)27)20-9-10-22(36-20)37(34,35)30-17-8-7-15-11-12-32(18(15)13-17)23(33)28-16-5-3-2-4-6-16/h2-10,13-14,30H,11-12H2,1H3,(H,28,33). The van der Waals surface area contributed by atoms with Crippen LogP contribution < -0.4 is 14.9 Å². The zero-order valence-corrected chi connectivity index (χ0v) is 20.9. The Bertz CT molecular complexity index is 1580. The minimum absolute atomic E-state index is 0.0727. The van der Waals surface area contributed by atoms with Gasteiger partial charge in [0.1, 0.15) is 4.21 Å². The number of thiophene rings is 1. The maximum absolute atomic E-state index is 13.1. The summed E-state index contributed by atoms with van der Waals surface area (Å²) < 4.78 is 68.6. The Balaban J connectivity index is 1.35. The van der Waals surface area contributed by atoms with Gasteiger partial charge < -0.3 is 5.32 Å². The fourth-order valence-corrected chi connectivity index (χ4v) is 6.41. The summed E-state index contributed by atoms with van der Waals surface area (Å²) in [6.07, 6.45) is -3.98. The van der Waals surface area contributed by atoms with Crippen molar-refractivity contribution in [1.82, 2.24) is 9.78 Å². The second-order valence-electron chi connectivity index (χ2n) is 8.30. The van der Waals surface area contributed by atoms with E-state index >= 15 is 0 Å². The summed E-state index contributed by atoms with van der Waals surface area (Å²) in [5, 5.41) is 6.30. The highest BCUT2D eigenvalue weighted by molar-refractivity contribution is 7.94. The highest BCUT2D eigenvalue weighted by Crippen LogP contribution is 2.36.